The highest BCUT2D eigenvalue weighted by molar-refractivity contribution is 5.91. The van der Waals surface area contributed by atoms with E-state index in [0.29, 0.717) is 0 Å². The molecule has 2 aromatic carbocycles. The molecule has 1 heterocycles. The van der Waals surface area contributed by atoms with Crippen LogP contribution in [0, 0.1) is 0 Å². The molecule has 5 nitrogen and oxygen atoms in total. The molecule has 0 saturated carbocycles. The van der Waals surface area contributed by atoms with Crippen molar-refractivity contribution in [2.75, 3.05) is 6.54 Å². The number of aromatic nitrogens is 2. The van der Waals surface area contributed by atoms with E-state index < -0.39 is 24.5 Å². The molecule has 0 bridgehead atoms. The summed E-state index contributed by atoms with van der Waals surface area (Å²) in [5, 5.41) is 2.28. The first-order valence-electron chi connectivity index (χ1n) is 8.82. The van der Waals surface area contributed by atoms with Crippen molar-refractivity contribution in [1.29, 1.82) is 0 Å². The van der Waals surface area contributed by atoms with Gasteiger partial charge in [0.05, 0.1) is 18.3 Å². The van der Waals surface area contributed by atoms with Crippen LogP contribution in [0.25, 0.3) is 0 Å². The Hall–Kier alpha value is -3.42. The van der Waals surface area contributed by atoms with Gasteiger partial charge in [0.2, 0.25) is 5.88 Å². The van der Waals surface area contributed by atoms with Crippen molar-refractivity contribution < 1.29 is 22.7 Å². The minimum absolute atomic E-state index is 0.0797. The number of hydrogen-bond donors (Lipinski definition) is 1. The second-order valence-electron chi connectivity index (χ2n) is 6.23. The number of hydrogen-bond acceptors (Lipinski definition) is 4. The molecule has 0 fully saturated rings. The first kappa shape index (κ1) is 20.3. The fraction of sp³-hybridized carbons (Fsp3) is 0.190. The van der Waals surface area contributed by atoms with Crippen LogP contribution in [0.1, 0.15) is 27.5 Å². The van der Waals surface area contributed by atoms with E-state index in [2.05, 4.69) is 15.3 Å². The van der Waals surface area contributed by atoms with Crippen LogP contribution in [0.3, 0.4) is 0 Å². The molecule has 1 unspecified atom stereocenters. The van der Waals surface area contributed by atoms with Crippen LogP contribution in [0.2, 0.25) is 0 Å². The normalized spacial score (nSPS) is 12.2. The number of rotatable bonds is 7. The zero-order valence-corrected chi connectivity index (χ0v) is 15.3. The largest absolute Gasteiger partial charge is 0.472 e. The van der Waals surface area contributed by atoms with E-state index in [1.807, 2.05) is 30.3 Å². The lowest BCUT2D eigenvalue weighted by Crippen LogP contribution is -2.35. The predicted molar refractivity (Wildman–Crippen MR) is 100 cm³/mol. The van der Waals surface area contributed by atoms with Gasteiger partial charge in [-0.2, -0.15) is 13.2 Å². The highest BCUT2D eigenvalue weighted by Crippen LogP contribution is 2.34. The first-order chi connectivity index (χ1) is 13.9. The highest BCUT2D eigenvalue weighted by atomic mass is 19.4. The molecule has 1 amide bonds. The maximum absolute atomic E-state index is 13.3. The Bertz CT molecular complexity index is 917. The average Bonchev–Trinajstić information content (AvgIpc) is 2.73. The maximum Gasteiger partial charge on any atom is 0.397 e. The monoisotopic (exact) mass is 401 g/mol. The number of nitrogens with one attached hydrogen (secondary N) is 1. The van der Waals surface area contributed by atoms with Crippen molar-refractivity contribution in [2.24, 2.45) is 0 Å². The van der Waals surface area contributed by atoms with Gasteiger partial charge in [0, 0.05) is 6.54 Å². The number of benzene rings is 2. The van der Waals surface area contributed by atoms with E-state index in [1.54, 1.807) is 6.07 Å². The van der Waals surface area contributed by atoms with Crippen LogP contribution >= 0.6 is 0 Å². The van der Waals surface area contributed by atoms with Gasteiger partial charge in [0.1, 0.15) is 12.3 Å². The molecule has 0 aliphatic rings. The van der Waals surface area contributed by atoms with Gasteiger partial charge >= 0.3 is 6.18 Å². The topological polar surface area (TPSA) is 64.1 Å². The van der Waals surface area contributed by atoms with E-state index in [1.165, 1.54) is 36.7 Å². The third-order valence-corrected chi connectivity index (χ3v) is 4.15. The summed E-state index contributed by atoms with van der Waals surface area (Å²) in [6, 6.07) is 16.8. The molecular weight excluding hydrogens is 383 g/mol. The summed E-state index contributed by atoms with van der Waals surface area (Å²) in [4.78, 5) is 20.1. The van der Waals surface area contributed by atoms with Crippen molar-refractivity contribution in [2.45, 2.75) is 18.7 Å². The molecule has 1 N–H and O–H groups in total. The van der Waals surface area contributed by atoms with Crippen molar-refractivity contribution in [3.8, 4) is 5.88 Å². The Morgan fingerprint density at radius 1 is 0.966 bits per heavy atom. The number of ether oxygens (including phenoxy) is 1. The van der Waals surface area contributed by atoms with Crippen LogP contribution in [0.4, 0.5) is 13.2 Å². The number of amides is 1. The van der Waals surface area contributed by atoms with Crippen LogP contribution in [0.5, 0.6) is 5.88 Å². The summed E-state index contributed by atoms with van der Waals surface area (Å²) < 4.78 is 45.5. The van der Waals surface area contributed by atoms with Gasteiger partial charge in [-0.1, -0.05) is 60.7 Å². The molecular formula is C21H18F3N3O2. The maximum atomic E-state index is 13.3. The van der Waals surface area contributed by atoms with Crippen molar-refractivity contribution in [3.63, 3.8) is 0 Å². The molecule has 3 aromatic rings. The molecule has 0 aliphatic heterocycles. The second-order valence-corrected chi connectivity index (χ2v) is 6.23. The molecule has 29 heavy (non-hydrogen) atoms. The first-order valence-corrected chi connectivity index (χ1v) is 8.82. The lowest BCUT2D eigenvalue weighted by atomic mass is 9.98. The molecule has 1 atom stereocenters. The van der Waals surface area contributed by atoms with E-state index in [9.17, 15) is 18.0 Å². The molecule has 1 aromatic heterocycles. The number of alkyl halides is 3. The molecule has 0 saturated heterocycles. The predicted octanol–water partition coefficient (Wildman–Crippen LogP) is 4.13. The smallest absolute Gasteiger partial charge is 0.397 e. The van der Waals surface area contributed by atoms with Gasteiger partial charge in [0.15, 0.2) is 0 Å². The van der Waals surface area contributed by atoms with Gasteiger partial charge < -0.3 is 10.1 Å². The van der Waals surface area contributed by atoms with Crippen molar-refractivity contribution >= 4 is 5.91 Å². The van der Waals surface area contributed by atoms with Crippen LogP contribution < -0.4 is 10.1 Å². The van der Waals surface area contributed by atoms with Crippen LogP contribution in [0.15, 0.2) is 73.1 Å². The van der Waals surface area contributed by atoms with E-state index >= 15 is 0 Å². The molecule has 3 rings (SSSR count). The second kappa shape index (κ2) is 9.18. The SMILES string of the molecule is O=C(NCC(c1ccccc1)C(F)(F)F)c1cnc(OCc2ccccc2)cn1. The van der Waals surface area contributed by atoms with E-state index in [-0.39, 0.29) is 23.7 Å². The quantitative estimate of drug-likeness (QED) is 0.647. The van der Waals surface area contributed by atoms with Gasteiger partial charge in [-0.25, -0.2) is 9.97 Å². The van der Waals surface area contributed by atoms with Gasteiger partial charge in [-0.15, -0.1) is 0 Å². The zero-order valence-electron chi connectivity index (χ0n) is 15.3. The molecule has 0 spiro atoms. The Morgan fingerprint density at radius 2 is 1.62 bits per heavy atom. The Balaban J connectivity index is 1.58. The highest BCUT2D eigenvalue weighted by Gasteiger charge is 2.40. The van der Waals surface area contributed by atoms with Gasteiger partial charge in [0.25, 0.3) is 5.91 Å². The van der Waals surface area contributed by atoms with E-state index in [4.69, 9.17) is 4.74 Å². The number of carbonyl (C=O) groups is 1. The molecule has 8 heteroatoms. The fourth-order valence-electron chi connectivity index (χ4n) is 2.63. The minimum atomic E-state index is -4.49. The van der Waals surface area contributed by atoms with E-state index in [0.717, 1.165) is 5.56 Å². The average molecular weight is 401 g/mol. The van der Waals surface area contributed by atoms with Crippen molar-refractivity contribution in [3.05, 3.63) is 89.9 Å². The number of nitrogens with zero attached hydrogens (tertiary/aromatic N) is 2. The Kier molecular flexibility index (Phi) is 6.43. The molecule has 150 valence electrons. The standard InChI is InChI=1S/C21H18F3N3O2/c22-21(23,24)17(16-9-5-2-6-10-16)11-27-20(28)18-12-26-19(13-25-18)29-14-15-7-3-1-4-8-15/h1-10,12-13,17H,11,14H2,(H,27,28). The summed E-state index contributed by atoms with van der Waals surface area (Å²) in [5.41, 5.74) is 0.928. The summed E-state index contributed by atoms with van der Waals surface area (Å²) in [6.45, 7) is -0.314. The zero-order chi connectivity index (χ0) is 20.7. The number of halogens is 3. The number of carbonyl (C=O) groups excluding carboxylic acids is 1. The fourth-order valence-corrected chi connectivity index (χ4v) is 2.63. The lowest BCUT2D eigenvalue weighted by molar-refractivity contribution is -0.149. The third-order valence-electron chi connectivity index (χ3n) is 4.15. The Morgan fingerprint density at radius 3 is 2.21 bits per heavy atom. The molecule has 0 aliphatic carbocycles. The summed E-state index contributed by atoms with van der Waals surface area (Å²) in [6.07, 6.45) is -2.06. The van der Waals surface area contributed by atoms with Crippen molar-refractivity contribution in [1.82, 2.24) is 15.3 Å². The summed E-state index contributed by atoms with van der Waals surface area (Å²) in [7, 11) is 0. The van der Waals surface area contributed by atoms with Gasteiger partial charge in [-0.3, -0.25) is 4.79 Å². The van der Waals surface area contributed by atoms with Crippen LogP contribution in [-0.2, 0) is 6.61 Å². The third kappa shape index (κ3) is 5.78. The summed E-state index contributed by atoms with van der Waals surface area (Å²) >= 11 is 0. The Labute approximate surface area is 165 Å². The minimum Gasteiger partial charge on any atom is -0.472 e. The van der Waals surface area contributed by atoms with Crippen LogP contribution in [-0.4, -0.2) is 28.6 Å². The van der Waals surface area contributed by atoms with Gasteiger partial charge in [-0.05, 0) is 11.1 Å². The lowest BCUT2D eigenvalue weighted by Gasteiger charge is -2.21. The summed E-state index contributed by atoms with van der Waals surface area (Å²) in [5.74, 6) is -2.34. The molecule has 0 radical (unpaired) electrons.